The molecule has 1 amide bonds. The second-order valence-corrected chi connectivity index (χ2v) is 4.52. The Morgan fingerprint density at radius 1 is 1.50 bits per heavy atom. The van der Waals surface area contributed by atoms with Crippen LogP contribution >= 0.6 is 11.3 Å². The van der Waals surface area contributed by atoms with Crippen LogP contribution in [0, 0.1) is 0 Å². The van der Waals surface area contributed by atoms with E-state index in [0.29, 0.717) is 38.6 Å². The molecule has 2 heterocycles. The molecule has 1 aliphatic rings. The van der Waals surface area contributed by atoms with Crippen LogP contribution in [0.5, 0.6) is 0 Å². The number of hydrogen-bond acceptors (Lipinski definition) is 6. The van der Waals surface area contributed by atoms with E-state index in [0.717, 1.165) is 11.3 Å². The molecule has 0 bridgehead atoms. The van der Waals surface area contributed by atoms with Gasteiger partial charge in [-0.25, -0.2) is 9.78 Å². The zero-order chi connectivity index (χ0) is 13.0. The Morgan fingerprint density at radius 2 is 2.22 bits per heavy atom. The van der Waals surface area contributed by atoms with E-state index >= 15 is 0 Å². The van der Waals surface area contributed by atoms with Gasteiger partial charge in [0.1, 0.15) is 5.69 Å². The summed E-state index contributed by atoms with van der Waals surface area (Å²) in [4.78, 5) is 29.2. The number of aromatic nitrogens is 1. The zero-order valence-corrected chi connectivity index (χ0v) is 10.9. The molecule has 98 valence electrons. The molecule has 0 saturated carbocycles. The Bertz CT molecular complexity index is 440. The zero-order valence-electron chi connectivity index (χ0n) is 10.0. The quantitative estimate of drug-likeness (QED) is 0.760. The Kier molecular flexibility index (Phi) is 4.27. The third-order valence-corrected chi connectivity index (χ3v) is 3.29. The highest BCUT2D eigenvalue weighted by Gasteiger charge is 2.22. The lowest BCUT2D eigenvalue weighted by molar-refractivity contribution is 0.0299. The lowest BCUT2D eigenvalue weighted by Gasteiger charge is -2.25. The smallest absolute Gasteiger partial charge is 0.367 e. The molecule has 1 aliphatic heterocycles. The first kappa shape index (κ1) is 13.0. The lowest BCUT2D eigenvalue weighted by Crippen LogP contribution is -2.40. The third kappa shape index (κ3) is 2.85. The summed E-state index contributed by atoms with van der Waals surface area (Å²) in [5, 5.41) is 1.80. The summed E-state index contributed by atoms with van der Waals surface area (Å²) in [7, 11) is 0. The number of rotatable bonds is 3. The molecule has 0 N–H and O–H groups in total. The number of carbonyl (C=O) groups excluding carboxylic acids is 2. The van der Waals surface area contributed by atoms with Gasteiger partial charge in [-0.1, -0.05) is 0 Å². The third-order valence-electron chi connectivity index (χ3n) is 2.47. The molecule has 6 nitrogen and oxygen atoms in total. The maximum absolute atomic E-state index is 12.1. The summed E-state index contributed by atoms with van der Waals surface area (Å²) >= 11 is 1.13. The first-order valence-corrected chi connectivity index (χ1v) is 6.60. The van der Waals surface area contributed by atoms with Crippen LogP contribution in [0.4, 0.5) is 0 Å². The number of hydrogen-bond donors (Lipinski definition) is 0. The number of thiazole rings is 1. The van der Waals surface area contributed by atoms with Gasteiger partial charge in [-0.3, -0.25) is 4.79 Å². The number of nitrogens with zero attached hydrogens (tertiary/aromatic N) is 2. The van der Waals surface area contributed by atoms with Gasteiger partial charge in [0.15, 0.2) is 0 Å². The first-order valence-electron chi connectivity index (χ1n) is 5.72. The predicted molar refractivity (Wildman–Crippen MR) is 64.8 cm³/mol. The Labute approximate surface area is 109 Å². The van der Waals surface area contributed by atoms with Crippen molar-refractivity contribution in [3.63, 3.8) is 0 Å². The van der Waals surface area contributed by atoms with Gasteiger partial charge >= 0.3 is 5.97 Å². The molecule has 1 saturated heterocycles. The molecule has 0 radical (unpaired) electrons. The van der Waals surface area contributed by atoms with Gasteiger partial charge in [0.25, 0.3) is 5.91 Å². The van der Waals surface area contributed by atoms with Crippen LogP contribution in [0.2, 0.25) is 0 Å². The highest BCUT2D eigenvalue weighted by Crippen LogP contribution is 2.13. The van der Waals surface area contributed by atoms with Crippen LogP contribution < -0.4 is 0 Å². The Balaban J connectivity index is 2.04. The number of amides is 1. The minimum absolute atomic E-state index is 0.162. The largest absolute Gasteiger partial charge is 0.461 e. The van der Waals surface area contributed by atoms with Crippen LogP contribution in [-0.2, 0) is 9.47 Å². The molecule has 18 heavy (non-hydrogen) atoms. The summed E-state index contributed by atoms with van der Waals surface area (Å²) in [6, 6.07) is 0. The lowest BCUT2D eigenvalue weighted by atomic mass is 10.3. The summed E-state index contributed by atoms with van der Waals surface area (Å²) < 4.78 is 10.0. The molecule has 1 aromatic heterocycles. The predicted octanol–water partition coefficient (Wildman–Crippen LogP) is 0.792. The molecule has 0 unspecified atom stereocenters. The molecule has 0 spiro atoms. The number of esters is 1. The van der Waals surface area contributed by atoms with Crippen LogP contribution in [0.25, 0.3) is 0 Å². The van der Waals surface area contributed by atoms with Crippen LogP contribution in [0.1, 0.15) is 27.2 Å². The van der Waals surface area contributed by atoms with Crippen molar-refractivity contribution in [1.29, 1.82) is 0 Å². The molecule has 1 fully saturated rings. The summed E-state index contributed by atoms with van der Waals surface area (Å²) in [5.41, 5.74) is 0.296. The van der Waals surface area contributed by atoms with Crippen molar-refractivity contribution >= 4 is 23.2 Å². The van der Waals surface area contributed by atoms with E-state index in [1.54, 1.807) is 17.2 Å². The van der Waals surface area contributed by atoms with Crippen molar-refractivity contribution in [2.45, 2.75) is 6.92 Å². The van der Waals surface area contributed by atoms with Crippen molar-refractivity contribution in [3.05, 3.63) is 16.1 Å². The SMILES string of the molecule is CCOC(=O)c1nc(C(=O)N2CCOCC2)cs1. The molecular formula is C11H14N2O4S. The van der Waals surface area contributed by atoms with Gasteiger partial charge in [-0.15, -0.1) is 11.3 Å². The fourth-order valence-corrected chi connectivity index (χ4v) is 2.27. The summed E-state index contributed by atoms with van der Waals surface area (Å²) in [6.07, 6.45) is 0. The highest BCUT2D eigenvalue weighted by atomic mass is 32.1. The molecule has 0 aromatic carbocycles. The summed E-state index contributed by atoms with van der Waals surface area (Å²) in [5.74, 6) is -0.645. The van der Waals surface area contributed by atoms with Gasteiger partial charge in [-0.05, 0) is 6.92 Å². The van der Waals surface area contributed by atoms with E-state index < -0.39 is 5.97 Å². The standard InChI is InChI=1S/C11H14N2O4S/c1-2-17-11(15)9-12-8(7-18-9)10(14)13-3-5-16-6-4-13/h7H,2-6H2,1H3. The fraction of sp³-hybridized carbons (Fsp3) is 0.545. The second-order valence-electron chi connectivity index (χ2n) is 3.66. The van der Waals surface area contributed by atoms with Gasteiger partial charge in [0, 0.05) is 18.5 Å². The number of ether oxygens (including phenoxy) is 2. The van der Waals surface area contributed by atoms with Gasteiger partial charge in [0.2, 0.25) is 5.01 Å². The number of morpholine rings is 1. The number of carbonyl (C=O) groups is 2. The van der Waals surface area contributed by atoms with Gasteiger partial charge in [-0.2, -0.15) is 0 Å². The summed E-state index contributed by atoms with van der Waals surface area (Å²) in [6.45, 7) is 4.23. The minimum Gasteiger partial charge on any atom is -0.461 e. The Morgan fingerprint density at radius 3 is 2.89 bits per heavy atom. The van der Waals surface area contributed by atoms with Gasteiger partial charge < -0.3 is 14.4 Å². The molecule has 2 rings (SSSR count). The normalized spacial score (nSPS) is 15.5. The van der Waals surface area contributed by atoms with Crippen molar-refractivity contribution in [2.24, 2.45) is 0 Å². The minimum atomic E-state index is -0.483. The molecule has 0 aliphatic carbocycles. The fourth-order valence-electron chi connectivity index (χ4n) is 1.59. The maximum Gasteiger partial charge on any atom is 0.367 e. The van der Waals surface area contributed by atoms with Gasteiger partial charge in [0.05, 0.1) is 19.8 Å². The van der Waals surface area contributed by atoms with E-state index in [9.17, 15) is 9.59 Å². The van der Waals surface area contributed by atoms with Crippen LogP contribution in [0.3, 0.4) is 0 Å². The monoisotopic (exact) mass is 270 g/mol. The van der Waals surface area contributed by atoms with Crippen LogP contribution in [-0.4, -0.2) is 54.7 Å². The molecule has 0 atom stereocenters. The van der Waals surface area contributed by atoms with Crippen molar-refractivity contribution in [2.75, 3.05) is 32.9 Å². The first-order chi connectivity index (χ1) is 8.72. The topological polar surface area (TPSA) is 68.7 Å². The van der Waals surface area contributed by atoms with E-state index in [1.165, 1.54) is 0 Å². The molecular weight excluding hydrogens is 256 g/mol. The van der Waals surface area contributed by atoms with Crippen molar-refractivity contribution in [3.8, 4) is 0 Å². The average molecular weight is 270 g/mol. The average Bonchev–Trinajstić information content (AvgIpc) is 2.89. The van der Waals surface area contributed by atoms with Crippen molar-refractivity contribution in [1.82, 2.24) is 9.88 Å². The highest BCUT2D eigenvalue weighted by molar-refractivity contribution is 7.11. The second kappa shape index (κ2) is 5.92. The van der Waals surface area contributed by atoms with E-state index in [1.807, 2.05) is 0 Å². The van der Waals surface area contributed by atoms with E-state index in [4.69, 9.17) is 9.47 Å². The molecule has 7 heteroatoms. The Hall–Kier alpha value is -1.47. The van der Waals surface area contributed by atoms with E-state index in [2.05, 4.69) is 4.98 Å². The maximum atomic E-state index is 12.1. The van der Waals surface area contributed by atoms with Crippen molar-refractivity contribution < 1.29 is 19.1 Å². The van der Waals surface area contributed by atoms with Crippen LogP contribution in [0.15, 0.2) is 5.38 Å². The molecule has 1 aromatic rings. The van der Waals surface area contributed by atoms with E-state index in [-0.39, 0.29) is 10.9 Å².